The van der Waals surface area contributed by atoms with E-state index in [0.717, 1.165) is 12.1 Å². The summed E-state index contributed by atoms with van der Waals surface area (Å²) >= 11 is 0. The molecule has 1 aromatic heterocycles. The van der Waals surface area contributed by atoms with Gasteiger partial charge in [0.05, 0.1) is 5.56 Å². The van der Waals surface area contributed by atoms with Crippen molar-refractivity contribution in [3.63, 3.8) is 0 Å². The number of hydrogen-bond donors (Lipinski definition) is 0. The minimum Gasteiger partial charge on any atom is -0.377 e. The Hall–Kier alpha value is -2.09. The van der Waals surface area contributed by atoms with Gasteiger partial charge in [-0.25, -0.2) is 4.79 Å². The maximum Gasteiger partial charge on any atom is 0.441 e. The van der Waals surface area contributed by atoms with Gasteiger partial charge in [-0.15, -0.1) is 0 Å². The maximum atomic E-state index is 12.6. The Morgan fingerprint density at radius 2 is 2.14 bits per heavy atom. The molecule has 0 saturated heterocycles. The van der Waals surface area contributed by atoms with Gasteiger partial charge in [0.15, 0.2) is 5.82 Å². The maximum absolute atomic E-state index is 12.6. The molecule has 5 nitrogen and oxygen atoms in total. The molecule has 0 aliphatic carbocycles. The second-order valence-corrected chi connectivity index (χ2v) is 4.40. The summed E-state index contributed by atoms with van der Waals surface area (Å²) in [6.45, 7) is 0.261. The highest BCUT2D eigenvalue weighted by molar-refractivity contribution is 5.25. The number of aromatic nitrogens is 2. The zero-order valence-corrected chi connectivity index (χ0v) is 11.2. The fourth-order valence-corrected chi connectivity index (χ4v) is 1.89. The monoisotopic (exact) mass is 302 g/mol. The van der Waals surface area contributed by atoms with E-state index in [1.54, 1.807) is 6.07 Å². The van der Waals surface area contributed by atoms with Crippen molar-refractivity contribution < 1.29 is 22.4 Å². The van der Waals surface area contributed by atoms with Crippen LogP contribution in [0.4, 0.5) is 13.2 Å². The normalized spacial score (nSPS) is 11.8. The Morgan fingerprint density at radius 1 is 1.38 bits per heavy atom. The Kier molecular flexibility index (Phi) is 4.46. The lowest BCUT2D eigenvalue weighted by atomic mass is 10.1. The average Bonchev–Trinajstić information content (AvgIpc) is 2.77. The zero-order chi connectivity index (χ0) is 15.5. The molecule has 8 heteroatoms. The average molecular weight is 302 g/mol. The van der Waals surface area contributed by atoms with Gasteiger partial charge in [-0.2, -0.15) is 13.2 Å². The predicted octanol–water partition coefficient (Wildman–Crippen LogP) is 2.24. The fraction of sp³-hybridized carbons (Fsp3) is 0.385. The van der Waals surface area contributed by atoms with Crippen LogP contribution in [0.2, 0.25) is 0 Å². The second kappa shape index (κ2) is 6.13. The Balaban J connectivity index is 2.14. The van der Waals surface area contributed by atoms with Crippen molar-refractivity contribution in [2.45, 2.75) is 25.7 Å². The van der Waals surface area contributed by atoms with Gasteiger partial charge >= 0.3 is 11.9 Å². The van der Waals surface area contributed by atoms with Gasteiger partial charge in [-0.3, -0.25) is 9.09 Å². The summed E-state index contributed by atoms with van der Waals surface area (Å²) in [6.07, 6.45) is -4.13. The first kappa shape index (κ1) is 15.3. The summed E-state index contributed by atoms with van der Waals surface area (Å²) in [4.78, 5) is 11.5. The SMILES string of the molecule is COCc1noc(=O)n1CCc1cccc(C(F)(F)F)c1. The van der Waals surface area contributed by atoms with Crippen molar-refractivity contribution in [1.82, 2.24) is 9.72 Å². The first-order chi connectivity index (χ1) is 9.91. The third kappa shape index (κ3) is 3.72. The van der Waals surface area contributed by atoms with E-state index in [1.165, 1.54) is 17.7 Å². The molecule has 2 aromatic rings. The fourth-order valence-electron chi connectivity index (χ4n) is 1.89. The molecule has 0 aliphatic heterocycles. The molecule has 0 aliphatic rings. The molecule has 0 amide bonds. The van der Waals surface area contributed by atoms with Crippen LogP contribution in [-0.2, 0) is 30.5 Å². The number of aryl methyl sites for hydroxylation is 1. The smallest absolute Gasteiger partial charge is 0.377 e. The molecule has 0 bridgehead atoms. The first-order valence-corrected chi connectivity index (χ1v) is 6.12. The Morgan fingerprint density at radius 3 is 2.81 bits per heavy atom. The largest absolute Gasteiger partial charge is 0.441 e. The standard InChI is InChI=1S/C13H13F3N2O3/c1-20-8-11-17-21-12(19)18(11)6-5-9-3-2-4-10(7-9)13(14,15)16/h2-4,7H,5-6,8H2,1H3. The lowest BCUT2D eigenvalue weighted by molar-refractivity contribution is -0.137. The van der Waals surface area contributed by atoms with Gasteiger partial charge in [-0.05, 0) is 18.1 Å². The number of ether oxygens (including phenoxy) is 1. The number of methoxy groups -OCH3 is 1. The van der Waals surface area contributed by atoms with Crippen molar-refractivity contribution >= 4 is 0 Å². The van der Waals surface area contributed by atoms with Gasteiger partial charge in [0.25, 0.3) is 0 Å². The third-order valence-corrected chi connectivity index (χ3v) is 2.91. The molecule has 0 atom stereocenters. The van der Waals surface area contributed by atoms with Crippen LogP contribution < -0.4 is 5.76 Å². The van der Waals surface area contributed by atoms with Crippen LogP contribution in [0, 0.1) is 0 Å². The molecule has 0 saturated carbocycles. The number of alkyl halides is 3. The topological polar surface area (TPSA) is 57.3 Å². The summed E-state index contributed by atoms with van der Waals surface area (Å²) in [7, 11) is 1.44. The predicted molar refractivity (Wildman–Crippen MR) is 66.6 cm³/mol. The molecule has 1 aromatic carbocycles. The van der Waals surface area contributed by atoms with Crippen LogP contribution in [-0.4, -0.2) is 16.8 Å². The highest BCUT2D eigenvalue weighted by Gasteiger charge is 2.30. The van der Waals surface area contributed by atoms with Crippen molar-refractivity contribution in [3.05, 3.63) is 51.8 Å². The van der Waals surface area contributed by atoms with Crippen LogP contribution in [0.1, 0.15) is 17.0 Å². The van der Waals surface area contributed by atoms with Crippen molar-refractivity contribution in [2.75, 3.05) is 7.11 Å². The molecular formula is C13H13F3N2O3. The first-order valence-electron chi connectivity index (χ1n) is 6.12. The van der Waals surface area contributed by atoms with Crippen molar-refractivity contribution in [3.8, 4) is 0 Å². The van der Waals surface area contributed by atoms with Gasteiger partial charge in [0, 0.05) is 13.7 Å². The van der Waals surface area contributed by atoms with Gasteiger partial charge in [0.1, 0.15) is 6.61 Å². The minimum atomic E-state index is -4.38. The molecule has 0 radical (unpaired) electrons. The number of halogens is 3. The highest BCUT2D eigenvalue weighted by Crippen LogP contribution is 2.29. The van der Waals surface area contributed by atoms with Crippen molar-refractivity contribution in [1.29, 1.82) is 0 Å². The van der Waals surface area contributed by atoms with Crippen LogP contribution >= 0.6 is 0 Å². The van der Waals surface area contributed by atoms with Crippen molar-refractivity contribution in [2.24, 2.45) is 0 Å². The van der Waals surface area contributed by atoms with Crippen LogP contribution in [0.15, 0.2) is 33.6 Å². The number of rotatable bonds is 5. The summed E-state index contributed by atoms with van der Waals surface area (Å²) in [5.74, 6) is -0.358. The summed E-state index contributed by atoms with van der Waals surface area (Å²) in [5.41, 5.74) is -0.240. The molecule has 0 spiro atoms. The quantitative estimate of drug-likeness (QED) is 0.850. The highest BCUT2D eigenvalue weighted by atomic mass is 19.4. The number of benzene rings is 1. The summed E-state index contributed by atoms with van der Waals surface area (Å²) in [5, 5.41) is 3.55. The van der Waals surface area contributed by atoms with Gasteiger partial charge in [-0.1, -0.05) is 23.4 Å². The summed E-state index contributed by atoms with van der Waals surface area (Å²) < 4.78 is 48.5. The molecule has 0 fully saturated rings. The molecule has 21 heavy (non-hydrogen) atoms. The van der Waals surface area contributed by atoms with Crippen LogP contribution in [0.25, 0.3) is 0 Å². The molecule has 1 heterocycles. The minimum absolute atomic E-state index is 0.0916. The van der Waals surface area contributed by atoms with E-state index in [-0.39, 0.29) is 19.6 Å². The van der Waals surface area contributed by atoms with E-state index >= 15 is 0 Å². The van der Waals surface area contributed by atoms with E-state index in [2.05, 4.69) is 9.68 Å². The van der Waals surface area contributed by atoms with E-state index < -0.39 is 17.5 Å². The Labute approximate surface area is 117 Å². The summed E-state index contributed by atoms with van der Waals surface area (Å²) in [6, 6.07) is 4.98. The lowest BCUT2D eigenvalue weighted by Crippen LogP contribution is -2.19. The zero-order valence-electron chi connectivity index (χ0n) is 11.2. The van der Waals surface area contributed by atoms with Crippen LogP contribution in [0.5, 0.6) is 0 Å². The molecule has 0 N–H and O–H groups in total. The lowest BCUT2D eigenvalue weighted by Gasteiger charge is -2.09. The third-order valence-electron chi connectivity index (χ3n) is 2.91. The molecule has 114 valence electrons. The van der Waals surface area contributed by atoms with Gasteiger partial charge in [0.2, 0.25) is 0 Å². The van der Waals surface area contributed by atoms with E-state index in [9.17, 15) is 18.0 Å². The number of nitrogens with zero attached hydrogens (tertiary/aromatic N) is 2. The van der Waals surface area contributed by atoms with E-state index in [1.807, 2.05) is 0 Å². The second-order valence-electron chi connectivity index (χ2n) is 4.40. The molecule has 0 unspecified atom stereocenters. The number of hydrogen-bond acceptors (Lipinski definition) is 4. The van der Waals surface area contributed by atoms with Crippen LogP contribution in [0.3, 0.4) is 0 Å². The van der Waals surface area contributed by atoms with E-state index in [0.29, 0.717) is 11.4 Å². The molecular weight excluding hydrogens is 289 g/mol. The molecule has 2 rings (SSSR count). The van der Waals surface area contributed by atoms with Gasteiger partial charge < -0.3 is 4.74 Å². The van der Waals surface area contributed by atoms with E-state index in [4.69, 9.17) is 4.74 Å². The Bertz CT molecular complexity index is 661.